The lowest BCUT2D eigenvalue weighted by Crippen LogP contribution is -2.20. The second-order valence-corrected chi connectivity index (χ2v) is 4.61. The predicted octanol–water partition coefficient (Wildman–Crippen LogP) is 3.47. The van der Waals surface area contributed by atoms with Crippen LogP contribution in [0.2, 0.25) is 0 Å². The molecule has 1 unspecified atom stereocenters. The van der Waals surface area contributed by atoms with Crippen LogP contribution in [0.5, 0.6) is 0 Å². The lowest BCUT2D eigenvalue weighted by molar-refractivity contribution is -0.110. The Morgan fingerprint density at radius 2 is 1.74 bits per heavy atom. The second-order valence-electron chi connectivity index (χ2n) is 4.61. The van der Waals surface area contributed by atoms with Gasteiger partial charge in [0.25, 0.3) is 0 Å². The number of nitrogens with one attached hydrogen (secondary N) is 1. The van der Waals surface area contributed by atoms with Crippen molar-refractivity contribution in [1.82, 2.24) is 5.32 Å². The molecule has 0 saturated heterocycles. The van der Waals surface area contributed by atoms with Crippen LogP contribution in [0.4, 0.5) is 0 Å². The number of hydrogen-bond acceptors (Lipinski definition) is 1. The van der Waals surface area contributed by atoms with Crippen molar-refractivity contribution in [2.45, 2.75) is 25.8 Å². The van der Waals surface area contributed by atoms with Gasteiger partial charge in [0.1, 0.15) is 0 Å². The summed E-state index contributed by atoms with van der Waals surface area (Å²) in [6, 6.07) is 18.8. The summed E-state index contributed by atoms with van der Waals surface area (Å²) in [5.41, 5.74) is 3.77. The Bertz CT molecular complexity index is 522. The van der Waals surface area contributed by atoms with E-state index in [4.69, 9.17) is 0 Å². The Labute approximate surface area is 114 Å². The van der Waals surface area contributed by atoms with Crippen LogP contribution in [0.1, 0.15) is 36.1 Å². The zero-order valence-corrected chi connectivity index (χ0v) is 11.2. The van der Waals surface area contributed by atoms with Gasteiger partial charge in [0, 0.05) is 0 Å². The van der Waals surface area contributed by atoms with Gasteiger partial charge in [-0.15, -0.1) is 0 Å². The number of carbonyl (C=O) groups is 1. The monoisotopic (exact) mass is 253 g/mol. The summed E-state index contributed by atoms with van der Waals surface area (Å²) in [4.78, 5) is 10.7. The molecule has 2 rings (SSSR count). The largest absolute Gasteiger partial charge is 0.352 e. The molecule has 2 aromatic rings. The average molecular weight is 253 g/mol. The highest BCUT2D eigenvalue weighted by atomic mass is 16.1. The van der Waals surface area contributed by atoms with Gasteiger partial charge in [-0.05, 0) is 29.5 Å². The molecule has 1 N–H and O–H groups in total. The van der Waals surface area contributed by atoms with E-state index in [-0.39, 0.29) is 6.04 Å². The summed E-state index contributed by atoms with van der Waals surface area (Å²) in [6.07, 6.45) is 2.58. The van der Waals surface area contributed by atoms with Crippen molar-refractivity contribution in [3.8, 4) is 0 Å². The Hall–Kier alpha value is -2.09. The minimum Gasteiger partial charge on any atom is -0.352 e. The summed E-state index contributed by atoms with van der Waals surface area (Å²) in [7, 11) is 0. The highest BCUT2D eigenvalue weighted by Crippen LogP contribution is 2.22. The highest BCUT2D eigenvalue weighted by molar-refractivity contribution is 5.48. The van der Waals surface area contributed by atoms with Crippen molar-refractivity contribution in [2.75, 3.05) is 0 Å². The van der Waals surface area contributed by atoms with E-state index in [1.54, 1.807) is 0 Å². The zero-order valence-electron chi connectivity index (χ0n) is 11.2. The Morgan fingerprint density at radius 3 is 2.42 bits per heavy atom. The van der Waals surface area contributed by atoms with Crippen LogP contribution in [-0.2, 0) is 11.2 Å². The van der Waals surface area contributed by atoms with Gasteiger partial charge in [-0.2, -0.15) is 0 Å². The fourth-order valence-electron chi connectivity index (χ4n) is 2.36. The number of amides is 1. The van der Waals surface area contributed by atoms with Crippen LogP contribution >= 0.6 is 0 Å². The zero-order chi connectivity index (χ0) is 13.5. The molecule has 0 spiro atoms. The fraction of sp³-hybridized carbons (Fsp3) is 0.235. The van der Waals surface area contributed by atoms with Crippen molar-refractivity contribution < 1.29 is 4.79 Å². The maximum atomic E-state index is 10.7. The second kappa shape index (κ2) is 6.74. The van der Waals surface area contributed by atoms with Crippen molar-refractivity contribution in [2.24, 2.45) is 0 Å². The van der Waals surface area contributed by atoms with Gasteiger partial charge in [0.2, 0.25) is 6.41 Å². The van der Waals surface area contributed by atoms with Crippen LogP contribution in [0, 0.1) is 0 Å². The number of rotatable bonds is 6. The van der Waals surface area contributed by atoms with Crippen molar-refractivity contribution in [3.05, 3.63) is 71.3 Å². The SMILES string of the molecule is CCC(NC=O)c1ccccc1Cc1ccccc1. The molecular formula is C17H19NO. The number of hydrogen-bond donors (Lipinski definition) is 1. The molecule has 0 saturated carbocycles. The quantitative estimate of drug-likeness (QED) is 0.785. The van der Waals surface area contributed by atoms with E-state index in [0.717, 1.165) is 19.3 Å². The lowest BCUT2D eigenvalue weighted by Gasteiger charge is -2.18. The van der Waals surface area contributed by atoms with Crippen LogP contribution in [0.3, 0.4) is 0 Å². The summed E-state index contributed by atoms with van der Waals surface area (Å²) in [5.74, 6) is 0. The molecular weight excluding hydrogens is 234 g/mol. The van der Waals surface area contributed by atoms with Gasteiger partial charge >= 0.3 is 0 Å². The van der Waals surface area contributed by atoms with Crippen molar-refractivity contribution in [3.63, 3.8) is 0 Å². The first-order valence-electron chi connectivity index (χ1n) is 6.66. The molecule has 19 heavy (non-hydrogen) atoms. The molecule has 2 aromatic carbocycles. The minimum absolute atomic E-state index is 0.0948. The standard InChI is InChI=1S/C17H19NO/c1-2-17(18-13-19)16-11-7-6-10-15(16)12-14-8-4-3-5-9-14/h3-11,13,17H,2,12H2,1H3,(H,18,19). The molecule has 0 aromatic heterocycles. The normalized spacial score (nSPS) is 11.8. The predicted molar refractivity (Wildman–Crippen MR) is 77.9 cm³/mol. The van der Waals surface area contributed by atoms with Crippen LogP contribution in [0.15, 0.2) is 54.6 Å². The van der Waals surface area contributed by atoms with Gasteiger partial charge in [0.15, 0.2) is 0 Å². The first-order valence-corrected chi connectivity index (χ1v) is 6.66. The van der Waals surface area contributed by atoms with Crippen LogP contribution in [-0.4, -0.2) is 6.41 Å². The Morgan fingerprint density at radius 1 is 1.05 bits per heavy atom. The number of benzene rings is 2. The molecule has 0 aliphatic carbocycles. The number of carbonyl (C=O) groups excluding carboxylic acids is 1. The third kappa shape index (κ3) is 3.44. The van der Waals surface area contributed by atoms with E-state index in [9.17, 15) is 4.79 Å². The third-order valence-corrected chi connectivity index (χ3v) is 3.35. The van der Waals surface area contributed by atoms with E-state index >= 15 is 0 Å². The van der Waals surface area contributed by atoms with Gasteiger partial charge in [-0.1, -0.05) is 61.5 Å². The lowest BCUT2D eigenvalue weighted by atomic mass is 9.94. The van der Waals surface area contributed by atoms with E-state index in [0.29, 0.717) is 0 Å². The summed E-state index contributed by atoms with van der Waals surface area (Å²) >= 11 is 0. The molecule has 2 heteroatoms. The molecule has 0 heterocycles. The Balaban J connectivity index is 2.27. The maximum absolute atomic E-state index is 10.7. The summed E-state index contributed by atoms with van der Waals surface area (Å²) in [5, 5.41) is 2.89. The summed E-state index contributed by atoms with van der Waals surface area (Å²) < 4.78 is 0. The maximum Gasteiger partial charge on any atom is 0.207 e. The summed E-state index contributed by atoms with van der Waals surface area (Å²) in [6.45, 7) is 2.08. The first kappa shape index (κ1) is 13.3. The Kier molecular flexibility index (Phi) is 4.73. The van der Waals surface area contributed by atoms with Crippen LogP contribution in [0.25, 0.3) is 0 Å². The minimum atomic E-state index is 0.0948. The molecule has 0 fully saturated rings. The topological polar surface area (TPSA) is 29.1 Å². The molecule has 1 atom stereocenters. The van der Waals surface area contributed by atoms with Gasteiger partial charge in [0.05, 0.1) is 6.04 Å². The first-order chi connectivity index (χ1) is 9.35. The molecule has 0 bridgehead atoms. The van der Waals surface area contributed by atoms with E-state index in [1.165, 1.54) is 16.7 Å². The van der Waals surface area contributed by atoms with Crippen LogP contribution < -0.4 is 5.32 Å². The van der Waals surface area contributed by atoms with E-state index < -0.39 is 0 Å². The molecule has 0 aliphatic rings. The van der Waals surface area contributed by atoms with Crippen molar-refractivity contribution >= 4 is 6.41 Å². The molecule has 2 nitrogen and oxygen atoms in total. The van der Waals surface area contributed by atoms with Gasteiger partial charge < -0.3 is 5.32 Å². The molecule has 0 radical (unpaired) electrons. The third-order valence-electron chi connectivity index (χ3n) is 3.35. The van der Waals surface area contributed by atoms with Gasteiger partial charge in [-0.3, -0.25) is 4.79 Å². The van der Waals surface area contributed by atoms with Gasteiger partial charge in [-0.25, -0.2) is 0 Å². The highest BCUT2D eigenvalue weighted by Gasteiger charge is 2.12. The van der Waals surface area contributed by atoms with E-state index in [2.05, 4.69) is 54.7 Å². The average Bonchev–Trinajstić information content (AvgIpc) is 2.47. The van der Waals surface area contributed by atoms with E-state index in [1.807, 2.05) is 12.1 Å². The van der Waals surface area contributed by atoms with Crippen molar-refractivity contribution in [1.29, 1.82) is 0 Å². The molecule has 98 valence electrons. The smallest absolute Gasteiger partial charge is 0.207 e. The molecule has 0 aliphatic heterocycles. The fourth-order valence-corrected chi connectivity index (χ4v) is 2.36. The molecule has 1 amide bonds.